The van der Waals surface area contributed by atoms with E-state index >= 15 is 0 Å². The highest BCUT2D eigenvalue weighted by atomic mass is 16.6. The molecule has 0 aromatic carbocycles. The van der Waals surface area contributed by atoms with Crippen molar-refractivity contribution in [2.24, 2.45) is 0 Å². The molecule has 8 nitrogen and oxygen atoms in total. The van der Waals surface area contributed by atoms with Crippen LogP contribution in [0.4, 0.5) is 0 Å². The molecule has 0 aliphatic heterocycles. The third kappa shape index (κ3) is 29.5. The molecule has 0 saturated heterocycles. The highest BCUT2D eigenvalue weighted by Gasteiger charge is 2.38. The van der Waals surface area contributed by atoms with Gasteiger partial charge in [0.1, 0.15) is 18.3 Å². The highest BCUT2D eigenvalue weighted by molar-refractivity contribution is 5.88. The van der Waals surface area contributed by atoms with Crippen molar-refractivity contribution >= 4 is 11.9 Å². The number of aliphatic hydroxyl groups is 5. The molecule has 0 bridgehead atoms. The van der Waals surface area contributed by atoms with Gasteiger partial charge >= 0.3 is 11.9 Å². The summed E-state index contributed by atoms with van der Waals surface area (Å²) in [4.78, 5) is 24.2. The zero-order valence-electron chi connectivity index (χ0n) is 32.7. The Hall–Kier alpha value is -1.06. The molecule has 0 aromatic rings. The van der Waals surface area contributed by atoms with Crippen LogP contribution in [0.2, 0.25) is 0 Å². The monoisotopic (exact) mass is 715 g/mol. The maximum absolute atomic E-state index is 12.2. The SMILES string of the molecule is CCCCCCCCCCCCCCCCCCC(O)[C@@H](O)[C@@H](O)[C@H](O)[C@@H](O)C(=O)OC(=O)CCCCCCCCCCCCCCCCC. The van der Waals surface area contributed by atoms with Gasteiger partial charge < -0.3 is 30.3 Å². The summed E-state index contributed by atoms with van der Waals surface area (Å²) in [6.07, 6.45) is 28.5. The van der Waals surface area contributed by atoms with Gasteiger partial charge in [0.2, 0.25) is 0 Å². The van der Waals surface area contributed by atoms with E-state index in [1.807, 2.05) is 0 Å². The molecule has 8 heteroatoms. The molecule has 0 aliphatic rings. The summed E-state index contributed by atoms with van der Waals surface area (Å²) in [7, 11) is 0. The first-order valence-corrected chi connectivity index (χ1v) is 21.4. The van der Waals surface area contributed by atoms with Crippen molar-refractivity contribution in [1.82, 2.24) is 0 Å². The van der Waals surface area contributed by atoms with Gasteiger partial charge in [0.05, 0.1) is 6.10 Å². The zero-order chi connectivity index (χ0) is 37.1. The molecular formula is C42H82O8. The summed E-state index contributed by atoms with van der Waals surface area (Å²) >= 11 is 0. The first-order valence-electron chi connectivity index (χ1n) is 21.4. The number of rotatable bonds is 38. The number of hydrogen-bond acceptors (Lipinski definition) is 8. The summed E-state index contributed by atoms with van der Waals surface area (Å²) in [5.74, 6) is -2.17. The first-order chi connectivity index (χ1) is 24.3. The van der Waals surface area contributed by atoms with Crippen molar-refractivity contribution in [3.8, 4) is 0 Å². The Labute approximate surface area is 307 Å². The van der Waals surface area contributed by atoms with E-state index in [4.69, 9.17) is 0 Å². The van der Waals surface area contributed by atoms with Gasteiger partial charge in [-0.15, -0.1) is 0 Å². The normalized spacial score (nSPS) is 14.7. The summed E-state index contributed by atoms with van der Waals surface area (Å²) in [6.45, 7) is 4.50. The molecule has 0 aliphatic carbocycles. The summed E-state index contributed by atoms with van der Waals surface area (Å²) in [5.41, 5.74) is 0. The highest BCUT2D eigenvalue weighted by Crippen LogP contribution is 2.18. The van der Waals surface area contributed by atoms with Gasteiger partial charge in [-0.05, 0) is 12.8 Å². The molecule has 298 valence electrons. The molecule has 0 radical (unpaired) electrons. The van der Waals surface area contributed by atoms with Gasteiger partial charge in [0.15, 0.2) is 6.10 Å². The minimum absolute atomic E-state index is 0.0238. The number of carbonyl (C=O) groups excluding carboxylic acids is 2. The Morgan fingerprint density at radius 1 is 0.400 bits per heavy atom. The van der Waals surface area contributed by atoms with Crippen LogP contribution in [0, 0.1) is 0 Å². The predicted octanol–water partition coefficient (Wildman–Crippen LogP) is 9.77. The number of ether oxygens (including phenoxy) is 1. The Morgan fingerprint density at radius 2 is 0.700 bits per heavy atom. The lowest BCUT2D eigenvalue weighted by Crippen LogP contribution is -2.51. The lowest BCUT2D eigenvalue weighted by atomic mass is 9.96. The largest absolute Gasteiger partial charge is 0.391 e. The van der Waals surface area contributed by atoms with Crippen LogP contribution in [0.15, 0.2) is 0 Å². The molecule has 0 amide bonds. The predicted molar refractivity (Wildman–Crippen MR) is 205 cm³/mol. The second-order valence-electron chi connectivity index (χ2n) is 15.1. The van der Waals surface area contributed by atoms with E-state index in [1.54, 1.807) is 0 Å². The third-order valence-electron chi connectivity index (χ3n) is 10.2. The van der Waals surface area contributed by atoms with Crippen LogP contribution < -0.4 is 0 Å². The van der Waals surface area contributed by atoms with Crippen LogP contribution in [0.1, 0.15) is 226 Å². The molecule has 50 heavy (non-hydrogen) atoms. The zero-order valence-corrected chi connectivity index (χ0v) is 32.7. The molecule has 5 atom stereocenters. The Balaban J connectivity index is 3.84. The van der Waals surface area contributed by atoms with Crippen LogP contribution in [0.5, 0.6) is 0 Å². The fourth-order valence-electron chi connectivity index (χ4n) is 6.69. The van der Waals surface area contributed by atoms with Crippen molar-refractivity contribution in [2.75, 3.05) is 0 Å². The Morgan fingerprint density at radius 3 is 1.04 bits per heavy atom. The van der Waals surface area contributed by atoms with Crippen molar-refractivity contribution in [3.05, 3.63) is 0 Å². The molecule has 0 saturated carbocycles. The van der Waals surface area contributed by atoms with Crippen LogP contribution in [-0.2, 0) is 14.3 Å². The molecule has 1 unspecified atom stereocenters. The molecule has 0 aromatic heterocycles. The molecular weight excluding hydrogens is 632 g/mol. The second kappa shape index (κ2) is 36.3. The van der Waals surface area contributed by atoms with Gasteiger partial charge in [0.25, 0.3) is 0 Å². The van der Waals surface area contributed by atoms with E-state index in [0.29, 0.717) is 12.8 Å². The van der Waals surface area contributed by atoms with Gasteiger partial charge in [0, 0.05) is 6.42 Å². The maximum atomic E-state index is 12.2. The molecule has 0 spiro atoms. The Bertz CT molecular complexity index is 747. The standard InChI is InChI=1S/C42H82O8/c1-3-5-7-9-11-13-15-17-19-21-22-24-26-28-30-32-34-36(43)38(45)39(46)40(47)41(48)42(49)50-37(44)35-33-31-29-27-25-23-20-18-16-14-12-10-8-6-4-2/h36,38-41,43,45-48H,3-35H2,1-2H3/t36?,38-,39-,40+,41-/m1/s1. The second-order valence-corrected chi connectivity index (χ2v) is 15.1. The smallest absolute Gasteiger partial charge is 0.345 e. The van der Waals surface area contributed by atoms with E-state index < -0.39 is 42.5 Å². The van der Waals surface area contributed by atoms with E-state index in [-0.39, 0.29) is 12.8 Å². The molecule has 0 fully saturated rings. The average Bonchev–Trinajstić information content (AvgIpc) is 3.11. The van der Waals surface area contributed by atoms with Crippen LogP contribution >= 0.6 is 0 Å². The van der Waals surface area contributed by atoms with E-state index in [0.717, 1.165) is 38.5 Å². The third-order valence-corrected chi connectivity index (χ3v) is 10.2. The van der Waals surface area contributed by atoms with E-state index in [2.05, 4.69) is 18.6 Å². The summed E-state index contributed by atoms with van der Waals surface area (Å²) in [5, 5.41) is 51.3. The van der Waals surface area contributed by atoms with Crippen molar-refractivity contribution in [1.29, 1.82) is 0 Å². The fraction of sp³-hybridized carbons (Fsp3) is 0.952. The minimum atomic E-state index is -2.22. The molecule has 0 heterocycles. The van der Waals surface area contributed by atoms with Crippen LogP contribution in [0.3, 0.4) is 0 Å². The number of hydrogen-bond donors (Lipinski definition) is 5. The van der Waals surface area contributed by atoms with Gasteiger partial charge in [-0.2, -0.15) is 0 Å². The van der Waals surface area contributed by atoms with Gasteiger partial charge in [-0.1, -0.05) is 206 Å². The van der Waals surface area contributed by atoms with Crippen molar-refractivity contribution in [3.63, 3.8) is 0 Å². The van der Waals surface area contributed by atoms with Crippen molar-refractivity contribution < 1.29 is 39.9 Å². The van der Waals surface area contributed by atoms with E-state index in [9.17, 15) is 35.1 Å². The quantitative estimate of drug-likeness (QED) is 0.0242. The first kappa shape index (κ1) is 48.9. The van der Waals surface area contributed by atoms with Crippen LogP contribution in [-0.4, -0.2) is 68.0 Å². The van der Waals surface area contributed by atoms with Gasteiger partial charge in [-0.25, -0.2) is 4.79 Å². The summed E-state index contributed by atoms with van der Waals surface area (Å²) < 4.78 is 4.66. The lowest BCUT2D eigenvalue weighted by molar-refractivity contribution is -0.179. The van der Waals surface area contributed by atoms with Gasteiger partial charge in [-0.3, -0.25) is 4.79 Å². The minimum Gasteiger partial charge on any atom is -0.391 e. The molecule has 5 N–H and O–H groups in total. The Kier molecular flexibility index (Phi) is 35.5. The lowest BCUT2D eigenvalue weighted by Gasteiger charge is -2.28. The number of aliphatic hydroxyl groups excluding tert-OH is 5. The number of carbonyl (C=O) groups is 2. The number of esters is 2. The van der Waals surface area contributed by atoms with Crippen molar-refractivity contribution in [2.45, 2.75) is 256 Å². The maximum Gasteiger partial charge on any atom is 0.345 e. The average molecular weight is 715 g/mol. The number of unbranched alkanes of at least 4 members (excludes halogenated alkanes) is 29. The van der Waals surface area contributed by atoms with Crippen LogP contribution in [0.25, 0.3) is 0 Å². The molecule has 0 rings (SSSR count). The fourth-order valence-corrected chi connectivity index (χ4v) is 6.69. The topological polar surface area (TPSA) is 145 Å². The van der Waals surface area contributed by atoms with E-state index in [1.165, 1.54) is 148 Å². The summed E-state index contributed by atoms with van der Waals surface area (Å²) in [6, 6.07) is 0.